The summed E-state index contributed by atoms with van der Waals surface area (Å²) in [5, 5.41) is 9.18. The number of halogens is 2. The highest BCUT2D eigenvalue weighted by molar-refractivity contribution is 9.10. The van der Waals surface area contributed by atoms with Crippen molar-refractivity contribution in [1.82, 2.24) is 0 Å². The van der Waals surface area contributed by atoms with Crippen molar-refractivity contribution in [2.45, 2.75) is 4.90 Å². The number of nitriles is 1. The van der Waals surface area contributed by atoms with E-state index in [2.05, 4.69) is 15.9 Å². The fraction of sp³-hybridized carbons (Fsp3) is 0.0625. The third kappa shape index (κ3) is 3.78. The smallest absolute Gasteiger partial charge is 0.216 e. The zero-order chi connectivity index (χ0) is 17.0. The number of rotatable bonds is 4. The van der Waals surface area contributed by atoms with E-state index >= 15 is 0 Å². The van der Waals surface area contributed by atoms with Crippen LogP contribution < -0.4 is 4.74 Å². The van der Waals surface area contributed by atoms with E-state index in [1.165, 1.54) is 31.4 Å². The van der Waals surface area contributed by atoms with E-state index in [4.69, 9.17) is 4.74 Å². The SMILES string of the molecule is COc1ccc(/C=C(\C#N)S(=O)(=O)c2ccc(Br)cc2)cc1F. The molecule has 0 unspecified atom stereocenters. The monoisotopic (exact) mass is 395 g/mol. The topological polar surface area (TPSA) is 67.2 Å². The molecule has 2 rings (SSSR count). The highest BCUT2D eigenvalue weighted by atomic mass is 79.9. The summed E-state index contributed by atoms with van der Waals surface area (Å²) in [5.41, 5.74) is 0.250. The number of hydrogen-bond acceptors (Lipinski definition) is 4. The molecule has 0 spiro atoms. The van der Waals surface area contributed by atoms with E-state index in [-0.39, 0.29) is 16.2 Å². The van der Waals surface area contributed by atoms with E-state index in [0.717, 1.165) is 16.6 Å². The summed E-state index contributed by atoms with van der Waals surface area (Å²) in [5.74, 6) is -0.601. The first-order valence-electron chi connectivity index (χ1n) is 6.34. The number of allylic oxidation sites excluding steroid dienone is 1. The fourth-order valence-electron chi connectivity index (χ4n) is 1.83. The van der Waals surface area contributed by atoms with Crippen LogP contribution in [0.3, 0.4) is 0 Å². The Bertz CT molecular complexity index is 900. The summed E-state index contributed by atoms with van der Waals surface area (Å²) >= 11 is 3.21. The minimum absolute atomic E-state index is 0.0116. The number of ether oxygens (including phenoxy) is 1. The molecule has 0 atom stereocenters. The van der Waals surface area contributed by atoms with Crippen LogP contribution in [-0.4, -0.2) is 15.5 Å². The number of sulfone groups is 1. The van der Waals surface area contributed by atoms with Crippen molar-refractivity contribution in [3.8, 4) is 11.8 Å². The predicted octanol–water partition coefficient (Wildman–Crippen LogP) is 3.94. The van der Waals surface area contributed by atoms with Gasteiger partial charge >= 0.3 is 0 Å². The molecule has 0 radical (unpaired) electrons. The van der Waals surface area contributed by atoms with Gasteiger partial charge in [-0.25, -0.2) is 12.8 Å². The molecule has 7 heteroatoms. The van der Waals surface area contributed by atoms with Gasteiger partial charge in [-0.2, -0.15) is 5.26 Å². The average Bonchev–Trinajstić information content (AvgIpc) is 2.53. The lowest BCUT2D eigenvalue weighted by molar-refractivity contribution is 0.386. The van der Waals surface area contributed by atoms with Crippen LogP contribution in [-0.2, 0) is 9.84 Å². The Hall–Kier alpha value is -2.17. The molecule has 2 aromatic rings. The van der Waals surface area contributed by atoms with E-state index in [1.807, 2.05) is 0 Å². The Balaban J connectivity index is 2.48. The lowest BCUT2D eigenvalue weighted by atomic mass is 10.2. The quantitative estimate of drug-likeness (QED) is 0.735. The van der Waals surface area contributed by atoms with Crippen LogP contribution in [0.4, 0.5) is 4.39 Å². The molecule has 0 amide bonds. The highest BCUT2D eigenvalue weighted by Gasteiger charge is 2.20. The Labute approximate surface area is 141 Å². The van der Waals surface area contributed by atoms with Gasteiger partial charge in [-0.15, -0.1) is 0 Å². The van der Waals surface area contributed by atoms with Gasteiger partial charge in [-0.05, 0) is 48.0 Å². The number of nitrogens with zero attached hydrogens (tertiary/aromatic N) is 1. The largest absolute Gasteiger partial charge is 0.494 e. The standard InChI is InChI=1S/C16H11BrFNO3S/c1-22-16-7-2-11(9-15(16)18)8-14(10-19)23(20,21)13-5-3-12(17)4-6-13/h2-9H,1H3/b14-8+. The van der Waals surface area contributed by atoms with Gasteiger partial charge in [0.25, 0.3) is 0 Å². The molecule has 0 aliphatic heterocycles. The minimum atomic E-state index is -3.97. The van der Waals surface area contributed by atoms with Crippen molar-refractivity contribution in [3.63, 3.8) is 0 Å². The van der Waals surface area contributed by atoms with Crippen LogP contribution in [0.2, 0.25) is 0 Å². The molecule has 0 bridgehead atoms. The maximum Gasteiger partial charge on any atom is 0.216 e. The highest BCUT2D eigenvalue weighted by Crippen LogP contribution is 2.24. The molecule has 118 valence electrons. The molecule has 4 nitrogen and oxygen atoms in total. The lowest BCUT2D eigenvalue weighted by Crippen LogP contribution is -2.03. The summed E-state index contributed by atoms with van der Waals surface area (Å²) in [6.45, 7) is 0. The van der Waals surface area contributed by atoms with Crippen molar-refractivity contribution in [2.24, 2.45) is 0 Å². The second-order valence-corrected chi connectivity index (χ2v) is 7.31. The van der Waals surface area contributed by atoms with Crippen molar-refractivity contribution < 1.29 is 17.5 Å². The zero-order valence-corrected chi connectivity index (χ0v) is 14.4. The molecule has 0 fully saturated rings. The van der Waals surface area contributed by atoms with Gasteiger partial charge in [0.2, 0.25) is 9.84 Å². The Morgan fingerprint density at radius 3 is 2.43 bits per heavy atom. The summed E-state index contributed by atoms with van der Waals surface area (Å²) in [7, 11) is -2.64. The van der Waals surface area contributed by atoms with Crippen LogP contribution in [0.5, 0.6) is 5.75 Å². The third-order valence-corrected chi connectivity index (χ3v) is 5.21. The second-order valence-electron chi connectivity index (χ2n) is 4.47. The van der Waals surface area contributed by atoms with Crippen LogP contribution in [0.15, 0.2) is 56.7 Å². The second kappa shape index (κ2) is 6.94. The van der Waals surface area contributed by atoms with Crippen molar-refractivity contribution in [1.29, 1.82) is 5.26 Å². The number of benzene rings is 2. The summed E-state index contributed by atoms with van der Waals surface area (Å²) in [6.07, 6.45) is 1.12. The maximum atomic E-state index is 13.7. The van der Waals surface area contributed by atoms with Gasteiger partial charge in [-0.1, -0.05) is 22.0 Å². The van der Waals surface area contributed by atoms with E-state index in [1.54, 1.807) is 18.2 Å². The third-order valence-electron chi connectivity index (χ3n) is 3.00. The van der Waals surface area contributed by atoms with Crippen LogP contribution in [0.1, 0.15) is 5.56 Å². The summed E-state index contributed by atoms with van der Waals surface area (Å²) in [4.78, 5) is -0.480. The predicted molar refractivity (Wildman–Crippen MR) is 87.9 cm³/mol. The van der Waals surface area contributed by atoms with Gasteiger partial charge in [0.1, 0.15) is 11.0 Å². The number of hydrogen-bond donors (Lipinski definition) is 0. The first-order chi connectivity index (χ1) is 10.9. The van der Waals surface area contributed by atoms with Gasteiger partial charge in [0, 0.05) is 4.47 Å². The van der Waals surface area contributed by atoms with Gasteiger partial charge in [-0.3, -0.25) is 0 Å². The maximum absolute atomic E-state index is 13.7. The molecule has 2 aromatic carbocycles. The molecule has 0 aliphatic carbocycles. The van der Waals surface area contributed by atoms with Gasteiger partial charge in [0.15, 0.2) is 11.6 Å². The first kappa shape index (κ1) is 17.2. The summed E-state index contributed by atoms with van der Waals surface area (Å²) < 4.78 is 44.1. The Morgan fingerprint density at radius 2 is 1.91 bits per heavy atom. The lowest BCUT2D eigenvalue weighted by Gasteiger charge is -2.05. The van der Waals surface area contributed by atoms with Crippen LogP contribution in [0, 0.1) is 17.1 Å². The molecule has 0 heterocycles. The van der Waals surface area contributed by atoms with Crippen LogP contribution in [0.25, 0.3) is 6.08 Å². The molecule has 23 heavy (non-hydrogen) atoms. The number of methoxy groups -OCH3 is 1. The van der Waals surface area contributed by atoms with Gasteiger partial charge < -0.3 is 4.74 Å². The van der Waals surface area contributed by atoms with E-state index in [9.17, 15) is 18.1 Å². The molecule has 0 aliphatic rings. The minimum Gasteiger partial charge on any atom is -0.494 e. The van der Waals surface area contributed by atoms with Crippen molar-refractivity contribution in [3.05, 3.63) is 63.2 Å². The molecule has 0 aromatic heterocycles. The molecule has 0 saturated carbocycles. The average molecular weight is 396 g/mol. The Morgan fingerprint density at radius 1 is 1.26 bits per heavy atom. The molecular weight excluding hydrogens is 385 g/mol. The molecule has 0 N–H and O–H groups in total. The van der Waals surface area contributed by atoms with Crippen molar-refractivity contribution in [2.75, 3.05) is 7.11 Å². The van der Waals surface area contributed by atoms with Crippen molar-refractivity contribution >= 4 is 31.8 Å². The molecule has 0 saturated heterocycles. The van der Waals surface area contributed by atoms with Gasteiger partial charge in [0.05, 0.1) is 12.0 Å². The van der Waals surface area contributed by atoms with Crippen LogP contribution >= 0.6 is 15.9 Å². The summed E-state index contributed by atoms with van der Waals surface area (Å²) in [6, 6.07) is 11.5. The first-order valence-corrected chi connectivity index (χ1v) is 8.62. The normalized spacial score (nSPS) is 11.8. The van der Waals surface area contributed by atoms with E-state index < -0.39 is 20.6 Å². The zero-order valence-electron chi connectivity index (χ0n) is 12.0. The molecular formula is C16H11BrFNO3S. The fourth-order valence-corrected chi connectivity index (χ4v) is 3.26. The van der Waals surface area contributed by atoms with E-state index in [0.29, 0.717) is 0 Å². The Kier molecular flexibility index (Phi) is 5.19.